The van der Waals surface area contributed by atoms with Crippen molar-refractivity contribution in [1.29, 1.82) is 0 Å². The SMILES string of the molecule is CCOC(=O)CC(Cc1csc(CCCc2ccc3c(n2)NCCC3)n1)c1cnc(C2CC2)s1.Cl. The van der Waals surface area contributed by atoms with Gasteiger partial charge in [-0.1, -0.05) is 6.07 Å². The summed E-state index contributed by atoms with van der Waals surface area (Å²) in [6.07, 6.45) is 10.8. The van der Waals surface area contributed by atoms with Gasteiger partial charge < -0.3 is 10.1 Å². The molecule has 0 bridgehead atoms. The molecule has 0 saturated heterocycles. The highest BCUT2D eigenvalue weighted by atomic mass is 35.5. The molecule has 0 radical (unpaired) electrons. The van der Waals surface area contributed by atoms with Crippen molar-refractivity contribution in [2.45, 2.75) is 76.5 Å². The zero-order valence-corrected chi connectivity index (χ0v) is 22.6. The lowest BCUT2D eigenvalue weighted by Crippen LogP contribution is -2.14. The normalized spacial score (nSPS) is 15.6. The standard InChI is InChI=1S/C26H32N4O2S2.ClH/c1-2-32-24(31)14-19(22-15-28-26(34-22)18-8-9-18)13-21-16-33-23(29-21)7-3-6-20-11-10-17-5-4-12-27-25(17)30-20;/h10-11,15-16,18-19H,2-9,12-14H2,1H3,(H,27,30);1H. The van der Waals surface area contributed by atoms with E-state index in [9.17, 15) is 4.79 Å². The second kappa shape index (κ2) is 12.3. The molecule has 1 aliphatic carbocycles. The maximum atomic E-state index is 12.3. The van der Waals surface area contributed by atoms with Gasteiger partial charge in [-0.05, 0) is 69.9 Å². The monoisotopic (exact) mass is 532 g/mol. The van der Waals surface area contributed by atoms with Crippen LogP contribution in [0.3, 0.4) is 0 Å². The Balaban J connectivity index is 0.00000289. The zero-order valence-electron chi connectivity index (χ0n) is 20.1. The molecule has 0 spiro atoms. The minimum absolute atomic E-state index is 0. The lowest BCUT2D eigenvalue weighted by atomic mass is 9.98. The largest absolute Gasteiger partial charge is 0.466 e. The number of hydrogen-bond acceptors (Lipinski definition) is 8. The van der Waals surface area contributed by atoms with Crippen LogP contribution in [0.2, 0.25) is 0 Å². The number of carbonyl (C=O) groups is 1. The van der Waals surface area contributed by atoms with E-state index >= 15 is 0 Å². The lowest BCUT2D eigenvalue weighted by Gasteiger charge is -2.17. The van der Waals surface area contributed by atoms with Gasteiger partial charge in [-0.25, -0.2) is 15.0 Å². The van der Waals surface area contributed by atoms with Gasteiger partial charge in [0.15, 0.2) is 0 Å². The number of anilines is 1. The molecule has 3 aromatic rings. The van der Waals surface area contributed by atoms with Crippen LogP contribution in [-0.2, 0) is 35.2 Å². The molecule has 3 aromatic heterocycles. The van der Waals surface area contributed by atoms with E-state index in [1.165, 1.54) is 34.7 Å². The summed E-state index contributed by atoms with van der Waals surface area (Å²) in [5.74, 6) is 1.64. The number of esters is 1. The third-order valence-electron chi connectivity index (χ3n) is 6.42. The maximum absolute atomic E-state index is 12.3. The molecule has 1 atom stereocenters. The number of aromatic nitrogens is 3. The third kappa shape index (κ3) is 7.02. The van der Waals surface area contributed by atoms with Crippen molar-refractivity contribution in [1.82, 2.24) is 15.0 Å². The number of aryl methyl sites for hydroxylation is 3. The summed E-state index contributed by atoms with van der Waals surface area (Å²) in [5.41, 5.74) is 3.55. The van der Waals surface area contributed by atoms with Gasteiger partial charge in [-0.15, -0.1) is 35.1 Å². The zero-order chi connectivity index (χ0) is 23.3. The number of halogens is 1. The molecular weight excluding hydrogens is 500 g/mol. The summed E-state index contributed by atoms with van der Waals surface area (Å²) >= 11 is 3.49. The molecule has 0 amide bonds. The van der Waals surface area contributed by atoms with E-state index in [4.69, 9.17) is 14.7 Å². The molecule has 1 saturated carbocycles. The van der Waals surface area contributed by atoms with Crippen molar-refractivity contribution >= 4 is 46.9 Å². The van der Waals surface area contributed by atoms with Crippen molar-refractivity contribution in [2.24, 2.45) is 0 Å². The molecular formula is C26H33ClN4O2S2. The number of rotatable bonds is 11. The molecule has 1 fully saturated rings. The molecule has 4 heterocycles. The van der Waals surface area contributed by atoms with E-state index in [0.29, 0.717) is 18.9 Å². The number of nitrogens with one attached hydrogen (secondary N) is 1. The Labute approximate surface area is 221 Å². The van der Waals surface area contributed by atoms with Gasteiger partial charge >= 0.3 is 5.97 Å². The Morgan fingerprint density at radius 3 is 2.94 bits per heavy atom. The van der Waals surface area contributed by atoms with Gasteiger partial charge in [0, 0.05) is 40.5 Å². The highest BCUT2D eigenvalue weighted by molar-refractivity contribution is 7.11. The fourth-order valence-corrected chi connectivity index (χ4v) is 6.48. The minimum Gasteiger partial charge on any atom is -0.466 e. The first-order valence-electron chi connectivity index (χ1n) is 12.4. The molecule has 1 unspecified atom stereocenters. The Hall–Kier alpha value is -2.03. The predicted octanol–water partition coefficient (Wildman–Crippen LogP) is 6.11. The highest BCUT2D eigenvalue weighted by Gasteiger charge is 2.29. The molecule has 5 rings (SSSR count). The fraction of sp³-hybridized carbons (Fsp3) is 0.538. The third-order valence-corrected chi connectivity index (χ3v) is 8.70. The molecule has 1 aliphatic heterocycles. The molecule has 6 nitrogen and oxygen atoms in total. The van der Waals surface area contributed by atoms with Gasteiger partial charge in [-0.2, -0.15) is 0 Å². The van der Waals surface area contributed by atoms with Crippen LogP contribution in [0.1, 0.15) is 82.7 Å². The molecule has 1 N–H and O–H groups in total. The number of carbonyl (C=O) groups excluding carboxylic acids is 1. The van der Waals surface area contributed by atoms with Gasteiger partial charge in [0.05, 0.1) is 28.7 Å². The second-order valence-corrected chi connectivity index (χ2v) is 11.2. The summed E-state index contributed by atoms with van der Waals surface area (Å²) in [6.45, 7) is 3.29. The van der Waals surface area contributed by atoms with Crippen molar-refractivity contribution < 1.29 is 9.53 Å². The first-order valence-corrected chi connectivity index (χ1v) is 14.1. The Morgan fingerprint density at radius 2 is 2.11 bits per heavy atom. The van der Waals surface area contributed by atoms with Crippen LogP contribution < -0.4 is 5.32 Å². The first kappa shape index (κ1) is 26.0. The summed E-state index contributed by atoms with van der Waals surface area (Å²) < 4.78 is 5.25. The smallest absolute Gasteiger partial charge is 0.306 e. The number of hydrogen-bond donors (Lipinski definition) is 1. The van der Waals surface area contributed by atoms with Gasteiger partial charge in [0.2, 0.25) is 0 Å². The average molecular weight is 533 g/mol. The molecule has 0 aromatic carbocycles. The topological polar surface area (TPSA) is 77.0 Å². The highest BCUT2D eigenvalue weighted by Crippen LogP contribution is 2.43. The van der Waals surface area contributed by atoms with Crippen LogP contribution in [0.15, 0.2) is 23.7 Å². The van der Waals surface area contributed by atoms with Crippen molar-refractivity contribution in [3.05, 3.63) is 55.6 Å². The number of fused-ring (bicyclic) bond motifs is 1. The molecule has 35 heavy (non-hydrogen) atoms. The molecule has 9 heteroatoms. The van der Waals surface area contributed by atoms with Crippen molar-refractivity contribution in [3.8, 4) is 0 Å². The molecule has 2 aliphatic rings. The maximum Gasteiger partial charge on any atom is 0.306 e. The summed E-state index contributed by atoms with van der Waals surface area (Å²) in [5, 5.41) is 7.94. The Bertz CT molecular complexity index is 1130. The van der Waals surface area contributed by atoms with Crippen LogP contribution in [0, 0.1) is 0 Å². The van der Waals surface area contributed by atoms with Crippen LogP contribution >= 0.6 is 35.1 Å². The fourth-order valence-electron chi connectivity index (χ4n) is 4.44. The Morgan fingerprint density at radius 1 is 1.23 bits per heavy atom. The minimum atomic E-state index is -0.142. The van der Waals surface area contributed by atoms with Crippen molar-refractivity contribution in [2.75, 3.05) is 18.5 Å². The van der Waals surface area contributed by atoms with Crippen molar-refractivity contribution in [3.63, 3.8) is 0 Å². The van der Waals surface area contributed by atoms with E-state index in [1.807, 2.05) is 13.1 Å². The van der Waals surface area contributed by atoms with E-state index in [1.54, 1.807) is 22.7 Å². The Kier molecular flexibility index (Phi) is 9.14. The van der Waals surface area contributed by atoms with E-state index in [-0.39, 0.29) is 24.3 Å². The van der Waals surface area contributed by atoms with E-state index < -0.39 is 0 Å². The average Bonchev–Trinajstić information content (AvgIpc) is 3.40. The second-order valence-electron chi connectivity index (χ2n) is 9.21. The van der Waals surface area contributed by atoms with Crippen LogP contribution in [-0.4, -0.2) is 34.1 Å². The van der Waals surface area contributed by atoms with Crippen LogP contribution in [0.4, 0.5) is 5.82 Å². The molecule has 188 valence electrons. The van der Waals surface area contributed by atoms with Crippen LogP contribution in [0.5, 0.6) is 0 Å². The quantitative estimate of drug-likeness (QED) is 0.300. The summed E-state index contributed by atoms with van der Waals surface area (Å²) in [7, 11) is 0. The van der Waals surface area contributed by atoms with E-state index in [0.717, 1.165) is 60.9 Å². The number of nitrogens with zero attached hydrogens (tertiary/aromatic N) is 3. The number of ether oxygens (including phenoxy) is 1. The summed E-state index contributed by atoms with van der Waals surface area (Å²) in [4.78, 5) is 27.8. The number of pyridine rings is 1. The van der Waals surface area contributed by atoms with Gasteiger partial charge in [0.1, 0.15) is 5.82 Å². The summed E-state index contributed by atoms with van der Waals surface area (Å²) in [6, 6.07) is 4.40. The van der Waals surface area contributed by atoms with Crippen LogP contribution in [0.25, 0.3) is 0 Å². The first-order chi connectivity index (χ1) is 16.7. The van der Waals surface area contributed by atoms with Gasteiger partial charge in [0.25, 0.3) is 0 Å². The van der Waals surface area contributed by atoms with E-state index in [2.05, 4.69) is 27.8 Å². The van der Waals surface area contributed by atoms with Gasteiger partial charge in [-0.3, -0.25) is 4.79 Å². The predicted molar refractivity (Wildman–Crippen MR) is 144 cm³/mol. The number of thiazole rings is 2. The lowest BCUT2D eigenvalue weighted by molar-refractivity contribution is -0.143.